The fourth-order valence-corrected chi connectivity index (χ4v) is 2.97. The SMILES string of the molecule is NC1CCCC(Nc2cc(Nc3ccc(F)c(Cl)c3)ncn2)C1. The highest BCUT2D eigenvalue weighted by molar-refractivity contribution is 6.31. The summed E-state index contributed by atoms with van der Waals surface area (Å²) < 4.78 is 13.2. The highest BCUT2D eigenvalue weighted by Gasteiger charge is 2.19. The fraction of sp³-hybridized carbons (Fsp3) is 0.375. The molecule has 5 nitrogen and oxygen atoms in total. The zero-order valence-corrected chi connectivity index (χ0v) is 13.4. The molecule has 0 saturated heterocycles. The Labute approximate surface area is 139 Å². The van der Waals surface area contributed by atoms with E-state index in [1.807, 2.05) is 6.07 Å². The van der Waals surface area contributed by atoms with E-state index in [0.29, 0.717) is 17.5 Å². The van der Waals surface area contributed by atoms with Crippen LogP contribution in [0.1, 0.15) is 25.7 Å². The molecule has 0 radical (unpaired) electrons. The van der Waals surface area contributed by atoms with Gasteiger partial charge in [0, 0.05) is 23.8 Å². The largest absolute Gasteiger partial charge is 0.367 e. The van der Waals surface area contributed by atoms with Gasteiger partial charge in [0.1, 0.15) is 23.8 Å². The van der Waals surface area contributed by atoms with E-state index >= 15 is 0 Å². The van der Waals surface area contributed by atoms with Crippen molar-refractivity contribution in [1.29, 1.82) is 0 Å². The molecule has 122 valence electrons. The van der Waals surface area contributed by atoms with Crippen molar-refractivity contribution in [3.8, 4) is 0 Å². The van der Waals surface area contributed by atoms with Gasteiger partial charge in [-0.25, -0.2) is 14.4 Å². The second kappa shape index (κ2) is 7.10. The van der Waals surface area contributed by atoms with Gasteiger partial charge in [0.15, 0.2) is 0 Å². The highest BCUT2D eigenvalue weighted by Crippen LogP contribution is 2.24. The van der Waals surface area contributed by atoms with E-state index in [1.54, 1.807) is 6.07 Å². The molecule has 1 saturated carbocycles. The van der Waals surface area contributed by atoms with Gasteiger partial charge in [-0.3, -0.25) is 0 Å². The van der Waals surface area contributed by atoms with Gasteiger partial charge in [0.25, 0.3) is 0 Å². The number of hydrogen-bond donors (Lipinski definition) is 3. The monoisotopic (exact) mass is 335 g/mol. The number of nitrogens with zero attached hydrogens (tertiary/aromatic N) is 2. The molecule has 0 bridgehead atoms. The number of nitrogens with two attached hydrogens (primary N) is 1. The highest BCUT2D eigenvalue weighted by atomic mass is 35.5. The van der Waals surface area contributed by atoms with Crippen LogP contribution in [0.5, 0.6) is 0 Å². The fourth-order valence-electron chi connectivity index (χ4n) is 2.79. The summed E-state index contributed by atoms with van der Waals surface area (Å²) in [5, 5.41) is 6.56. The van der Waals surface area contributed by atoms with Crippen LogP contribution in [-0.2, 0) is 0 Å². The Morgan fingerprint density at radius 2 is 2.00 bits per heavy atom. The summed E-state index contributed by atoms with van der Waals surface area (Å²) in [5.41, 5.74) is 6.68. The average molecular weight is 336 g/mol. The minimum atomic E-state index is -0.448. The molecule has 23 heavy (non-hydrogen) atoms. The molecule has 1 heterocycles. The lowest BCUT2D eigenvalue weighted by Gasteiger charge is -2.27. The molecular formula is C16H19ClFN5. The molecule has 3 rings (SSSR count). The number of anilines is 3. The van der Waals surface area contributed by atoms with Crippen LogP contribution in [-0.4, -0.2) is 22.1 Å². The Balaban J connectivity index is 1.68. The Kier molecular flexibility index (Phi) is 4.93. The predicted molar refractivity (Wildman–Crippen MR) is 90.6 cm³/mol. The first-order chi connectivity index (χ1) is 11.1. The number of halogens is 2. The molecule has 1 aliphatic rings. The van der Waals surface area contributed by atoms with Gasteiger partial charge >= 0.3 is 0 Å². The van der Waals surface area contributed by atoms with Crippen molar-refractivity contribution in [1.82, 2.24) is 9.97 Å². The lowest BCUT2D eigenvalue weighted by molar-refractivity contribution is 0.409. The zero-order chi connectivity index (χ0) is 16.2. The molecule has 1 aromatic heterocycles. The minimum absolute atomic E-state index is 0.0681. The third-order valence-corrected chi connectivity index (χ3v) is 4.22. The third-order valence-electron chi connectivity index (χ3n) is 3.93. The zero-order valence-electron chi connectivity index (χ0n) is 12.6. The number of aromatic nitrogens is 2. The molecule has 4 N–H and O–H groups in total. The molecule has 0 spiro atoms. The van der Waals surface area contributed by atoms with Crippen LogP contribution in [0, 0.1) is 5.82 Å². The predicted octanol–water partition coefficient (Wildman–Crippen LogP) is 3.69. The van der Waals surface area contributed by atoms with Gasteiger partial charge in [0.2, 0.25) is 0 Å². The summed E-state index contributed by atoms with van der Waals surface area (Å²) in [5.74, 6) is 0.913. The number of hydrogen-bond acceptors (Lipinski definition) is 5. The second-order valence-corrected chi connectivity index (χ2v) is 6.22. The molecule has 0 amide bonds. The van der Waals surface area contributed by atoms with Gasteiger partial charge in [-0.15, -0.1) is 0 Å². The first kappa shape index (κ1) is 16.0. The average Bonchev–Trinajstić information content (AvgIpc) is 2.51. The summed E-state index contributed by atoms with van der Waals surface area (Å²) in [6, 6.07) is 6.85. The molecule has 1 aromatic carbocycles. The maximum atomic E-state index is 13.2. The topological polar surface area (TPSA) is 75.9 Å². The van der Waals surface area contributed by atoms with Crippen LogP contribution in [0.15, 0.2) is 30.6 Å². The molecular weight excluding hydrogens is 317 g/mol. The van der Waals surface area contributed by atoms with E-state index in [2.05, 4.69) is 20.6 Å². The number of benzene rings is 1. The summed E-state index contributed by atoms with van der Waals surface area (Å²) in [6.45, 7) is 0. The third kappa shape index (κ3) is 4.30. The molecule has 1 aliphatic carbocycles. The normalized spacial score (nSPS) is 21.0. The Bertz CT molecular complexity index is 681. The van der Waals surface area contributed by atoms with Crippen molar-refractivity contribution >= 4 is 28.9 Å². The van der Waals surface area contributed by atoms with Crippen molar-refractivity contribution in [3.05, 3.63) is 41.4 Å². The van der Waals surface area contributed by atoms with Crippen molar-refractivity contribution < 1.29 is 4.39 Å². The van der Waals surface area contributed by atoms with Crippen LogP contribution >= 0.6 is 11.6 Å². The summed E-state index contributed by atoms with van der Waals surface area (Å²) in [4.78, 5) is 8.41. The van der Waals surface area contributed by atoms with Gasteiger partial charge in [0.05, 0.1) is 5.02 Å². The van der Waals surface area contributed by atoms with Gasteiger partial charge < -0.3 is 16.4 Å². The summed E-state index contributed by atoms with van der Waals surface area (Å²) in [6.07, 6.45) is 5.73. The van der Waals surface area contributed by atoms with Crippen molar-refractivity contribution in [2.45, 2.75) is 37.8 Å². The van der Waals surface area contributed by atoms with Crippen LogP contribution in [0.2, 0.25) is 5.02 Å². The van der Waals surface area contributed by atoms with E-state index in [1.165, 1.54) is 18.5 Å². The minimum Gasteiger partial charge on any atom is -0.367 e. The molecule has 2 unspecified atom stereocenters. The Morgan fingerprint density at radius 3 is 2.78 bits per heavy atom. The lowest BCUT2D eigenvalue weighted by atomic mass is 9.92. The van der Waals surface area contributed by atoms with Crippen molar-refractivity contribution in [2.24, 2.45) is 5.73 Å². The summed E-state index contributed by atoms with van der Waals surface area (Å²) in [7, 11) is 0. The quantitative estimate of drug-likeness (QED) is 0.794. The van der Waals surface area contributed by atoms with E-state index in [0.717, 1.165) is 31.5 Å². The van der Waals surface area contributed by atoms with Gasteiger partial charge in [-0.1, -0.05) is 11.6 Å². The molecule has 0 aliphatic heterocycles. The molecule has 1 fully saturated rings. The van der Waals surface area contributed by atoms with Crippen LogP contribution in [0.25, 0.3) is 0 Å². The summed E-state index contributed by atoms with van der Waals surface area (Å²) >= 11 is 5.78. The van der Waals surface area contributed by atoms with Crippen LogP contribution < -0.4 is 16.4 Å². The van der Waals surface area contributed by atoms with E-state index in [4.69, 9.17) is 17.3 Å². The number of rotatable bonds is 4. The van der Waals surface area contributed by atoms with Crippen LogP contribution in [0.3, 0.4) is 0 Å². The Hall–Kier alpha value is -1.92. The van der Waals surface area contributed by atoms with Crippen molar-refractivity contribution in [3.63, 3.8) is 0 Å². The maximum absolute atomic E-state index is 13.2. The van der Waals surface area contributed by atoms with Crippen LogP contribution in [0.4, 0.5) is 21.7 Å². The van der Waals surface area contributed by atoms with E-state index < -0.39 is 5.82 Å². The second-order valence-electron chi connectivity index (χ2n) is 5.81. The molecule has 2 aromatic rings. The maximum Gasteiger partial charge on any atom is 0.141 e. The van der Waals surface area contributed by atoms with Gasteiger partial charge in [-0.05, 0) is 43.9 Å². The first-order valence-corrected chi connectivity index (χ1v) is 8.04. The standard InChI is InChI=1S/C16H19ClFN5/c17-13-7-12(4-5-14(13)18)23-16-8-15(20-9-21-16)22-11-3-1-2-10(19)6-11/h4-5,7-11H,1-3,6,19H2,(H2,20,21,22,23). The number of nitrogens with one attached hydrogen (secondary N) is 2. The smallest absolute Gasteiger partial charge is 0.141 e. The van der Waals surface area contributed by atoms with Gasteiger partial charge in [-0.2, -0.15) is 0 Å². The first-order valence-electron chi connectivity index (χ1n) is 7.66. The molecule has 2 atom stereocenters. The molecule has 7 heteroatoms. The van der Waals surface area contributed by atoms with E-state index in [9.17, 15) is 4.39 Å². The Morgan fingerprint density at radius 1 is 1.17 bits per heavy atom. The van der Waals surface area contributed by atoms with Crippen molar-refractivity contribution in [2.75, 3.05) is 10.6 Å². The van der Waals surface area contributed by atoms with E-state index in [-0.39, 0.29) is 11.1 Å². The lowest BCUT2D eigenvalue weighted by Crippen LogP contribution is -2.35.